The van der Waals surface area contributed by atoms with Crippen LogP contribution in [0.2, 0.25) is 0 Å². The summed E-state index contributed by atoms with van der Waals surface area (Å²) in [7, 11) is 0. The molecule has 4 rings (SSSR count). The zero-order valence-electron chi connectivity index (χ0n) is 52.1. The number of fused-ring (bicyclic) bond motifs is 2. The van der Waals surface area contributed by atoms with Gasteiger partial charge in [-0.05, 0) is 72.2 Å². The minimum Gasteiger partial charge on any atom is -0.507 e. The van der Waals surface area contributed by atoms with Crippen molar-refractivity contribution in [3.05, 3.63) is 95.1 Å². The molecule has 0 heterocycles. The van der Waals surface area contributed by atoms with Gasteiger partial charge in [0.15, 0.2) is 0 Å². The molecule has 0 aliphatic carbocycles. The molecular formula is C74H118N2O4. The average molecular weight is 1100 g/mol. The van der Waals surface area contributed by atoms with Crippen molar-refractivity contribution in [1.29, 1.82) is 0 Å². The van der Waals surface area contributed by atoms with Crippen LogP contribution < -0.4 is 0 Å². The highest BCUT2D eigenvalue weighted by Crippen LogP contribution is 2.38. The number of unbranched alkanes of at least 4 members (excludes halogenated alkanes) is 36. The van der Waals surface area contributed by atoms with Gasteiger partial charge < -0.3 is 20.0 Å². The van der Waals surface area contributed by atoms with Gasteiger partial charge in [0.1, 0.15) is 11.5 Å². The van der Waals surface area contributed by atoms with Gasteiger partial charge in [0.05, 0.1) is 11.1 Å². The van der Waals surface area contributed by atoms with E-state index in [1.54, 1.807) is 0 Å². The molecule has 4 aromatic rings. The van der Waals surface area contributed by atoms with Gasteiger partial charge in [-0.1, -0.05) is 320 Å². The lowest BCUT2D eigenvalue weighted by Gasteiger charge is -2.25. The molecule has 0 bridgehead atoms. The minimum atomic E-state index is -0.0954. The normalized spacial score (nSPS) is 11.6. The summed E-state index contributed by atoms with van der Waals surface area (Å²) < 4.78 is 0. The zero-order valence-corrected chi connectivity index (χ0v) is 52.1. The number of allylic oxidation sites excluding steroid dienone is 1. The molecule has 6 heteroatoms. The van der Waals surface area contributed by atoms with E-state index >= 15 is 0 Å². The van der Waals surface area contributed by atoms with E-state index in [-0.39, 0.29) is 23.3 Å². The van der Waals surface area contributed by atoms with Crippen LogP contribution in [-0.2, 0) is 12.8 Å². The minimum absolute atomic E-state index is 0.0265. The summed E-state index contributed by atoms with van der Waals surface area (Å²) in [5.74, 6) is -0.138. The summed E-state index contributed by atoms with van der Waals surface area (Å²) in [6.07, 6.45) is 50.4. The van der Waals surface area contributed by atoms with Gasteiger partial charge in [-0.25, -0.2) is 0 Å². The Kier molecular flexibility index (Phi) is 37.0. The van der Waals surface area contributed by atoms with Gasteiger partial charge >= 0.3 is 0 Å². The summed E-state index contributed by atoms with van der Waals surface area (Å²) in [6, 6.07) is 19.9. The predicted molar refractivity (Wildman–Crippen MR) is 347 cm³/mol. The fraction of sp³-hybridized carbons (Fsp3) is 0.676. The first-order chi connectivity index (χ1) is 39.2. The molecule has 0 saturated heterocycles. The number of hydrogen-bond acceptors (Lipinski definition) is 4. The lowest BCUT2D eigenvalue weighted by molar-refractivity contribution is 0.0738. The van der Waals surface area contributed by atoms with Gasteiger partial charge in [0.25, 0.3) is 11.8 Å². The van der Waals surface area contributed by atoms with Crippen LogP contribution in [-0.4, -0.2) is 58.0 Å². The first-order valence-electron chi connectivity index (χ1n) is 34.0. The predicted octanol–water partition coefficient (Wildman–Crippen LogP) is 22.3. The monoisotopic (exact) mass is 1100 g/mol. The zero-order chi connectivity index (χ0) is 57.3. The van der Waals surface area contributed by atoms with Crippen LogP contribution in [0.25, 0.3) is 21.5 Å². The Morgan fingerprint density at radius 1 is 0.350 bits per heavy atom. The Labute approximate surface area is 490 Å². The van der Waals surface area contributed by atoms with Gasteiger partial charge in [-0.15, -0.1) is 0 Å². The quantitative estimate of drug-likeness (QED) is 0.0341. The van der Waals surface area contributed by atoms with Gasteiger partial charge in [0.2, 0.25) is 0 Å². The highest BCUT2D eigenvalue weighted by molar-refractivity contribution is 6.04. The van der Waals surface area contributed by atoms with Crippen LogP contribution in [0.4, 0.5) is 0 Å². The van der Waals surface area contributed by atoms with Crippen LogP contribution in [0.5, 0.6) is 11.5 Å². The van der Waals surface area contributed by atoms with Crippen molar-refractivity contribution < 1.29 is 19.8 Å². The van der Waals surface area contributed by atoms with E-state index < -0.39 is 0 Å². The van der Waals surface area contributed by atoms with Crippen LogP contribution >= 0.6 is 0 Å². The number of carbonyl (C=O) groups is 2. The topological polar surface area (TPSA) is 81.1 Å². The Morgan fingerprint density at radius 3 is 0.825 bits per heavy atom. The molecule has 80 heavy (non-hydrogen) atoms. The summed E-state index contributed by atoms with van der Waals surface area (Å²) >= 11 is 0. The SMILES string of the molecule is C=C(Cc1c(O)c(C(=O)N(CCCCCCCCCCCC)CCCCCCCCCCCC)cc2ccccc12)Cc1c(O)c(C(=O)N(CCCCCCCCCCCC)CCCCCCCCCCCC)cc2ccccc12. The Morgan fingerprint density at radius 2 is 0.575 bits per heavy atom. The van der Waals surface area contributed by atoms with Gasteiger partial charge in [-0.3, -0.25) is 9.59 Å². The third-order valence-electron chi connectivity index (χ3n) is 17.3. The standard InChI is InChI=1S/C74H118N2O4/c1-6-10-14-18-22-26-30-34-38-46-54-75(55-47-39-35-31-27-23-19-15-11-7-2)73(79)69-60-63-50-42-44-52-65(63)67(71(69)77)58-62(5)59-68-66-53-45-43-51-64(66)61-70(72(68)78)74(80)76(56-48-40-36-32-28-24-20-16-12-8-3)57-49-41-37-33-29-25-21-17-13-9-4/h42-45,50-53,60-61,77-78H,5-41,46-49,54-59H2,1-4H3. The van der Waals surface area contributed by atoms with Crippen molar-refractivity contribution in [3.8, 4) is 11.5 Å². The van der Waals surface area contributed by atoms with Crippen LogP contribution in [0.15, 0.2) is 72.8 Å². The lowest BCUT2D eigenvalue weighted by atomic mass is 9.89. The molecule has 0 aliphatic rings. The number of nitrogens with zero attached hydrogens (tertiary/aromatic N) is 2. The summed E-state index contributed by atoms with van der Waals surface area (Å²) in [5, 5.41) is 28.4. The van der Waals surface area contributed by atoms with Crippen LogP contribution in [0, 0.1) is 0 Å². The molecular weight excluding hydrogens is 981 g/mol. The van der Waals surface area contributed by atoms with E-state index in [2.05, 4.69) is 34.3 Å². The fourth-order valence-corrected chi connectivity index (χ4v) is 12.2. The van der Waals surface area contributed by atoms with E-state index in [0.717, 1.165) is 78.5 Å². The second-order valence-corrected chi connectivity index (χ2v) is 24.4. The maximum absolute atomic E-state index is 14.9. The van der Waals surface area contributed by atoms with Gasteiger partial charge in [-0.2, -0.15) is 0 Å². The summed E-state index contributed by atoms with van der Waals surface area (Å²) in [5.41, 5.74) is 2.88. The molecule has 0 atom stereocenters. The Hall–Kier alpha value is -4.32. The average Bonchev–Trinajstić information content (AvgIpc) is 3.59. The second-order valence-electron chi connectivity index (χ2n) is 24.4. The molecule has 6 nitrogen and oxygen atoms in total. The summed E-state index contributed by atoms with van der Waals surface area (Å²) in [6.45, 7) is 16.5. The smallest absolute Gasteiger partial charge is 0.257 e. The Balaban J connectivity index is 1.52. The number of rotatable bonds is 50. The van der Waals surface area contributed by atoms with Crippen molar-refractivity contribution in [2.24, 2.45) is 0 Å². The highest BCUT2D eigenvalue weighted by Gasteiger charge is 2.26. The van der Waals surface area contributed by atoms with Crippen molar-refractivity contribution in [2.75, 3.05) is 26.2 Å². The highest BCUT2D eigenvalue weighted by atomic mass is 16.3. The largest absolute Gasteiger partial charge is 0.507 e. The van der Waals surface area contributed by atoms with Crippen molar-refractivity contribution >= 4 is 33.4 Å². The molecule has 0 aliphatic heterocycles. The molecule has 4 aromatic carbocycles. The molecule has 0 spiro atoms. The third kappa shape index (κ3) is 26.3. The van der Waals surface area contributed by atoms with Crippen LogP contribution in [0.3, 0.4) is 0 Å². The second kappa shape index (κ2) is 43.4. The maximum atomic E-state index is 14.9. The van der Waals surface area contributed by atoms with Crippen LogP contribution in [0.1, 0.15) is 316 Å². The number of benzene rings is 4. The van der Waals surface area contributed by atoms with E-state index in [1.807, 2.05) is 70.5 Å². The van der Waals surface area contributed by atoms with Crippen molar-refractivity contribution in [3.63, 3.8) is 0 Å². The molecule has 0 aromatic heterocycles. The molecule has 2 amide bonds. The number of phenolic OH excluding ortho intramolecular Hbond substituents is 2. The van der Waals surface area contributed by atoms with Crippen molar-refractivity contribution in [2.45, 2.75) is 297 Å². The van der Waals surface area contributed by atoms with E-state index in [1.165, 1.54) is 205 Å². The lowest BCUT2D eigenvalue weighted by Crippen LogP contribution is -2.33. The molecule has 448 valence electrons. The molecule has 0 unspecified atom stereocenters. The molecule has 0 saturated carbocycles. The number of amides is 2. The summed E-state index contributed by atoms with van der Waals surface area (Å²) in [4.78, 5) is 33.8. The van der Waals surface area contributed by atoms with Gasteiger partial charge in [0, 0.05) is 37.3 Å². The van der Waals surface area contributed by atoms with E-state index in [0.29, 0.717) is 61.3 Å². The Bertz CT molecular complexity index is 2080. The number of hydrogen-bond donors (Lipinski definition) is 2. The molecule has 0 radical (unpaired) electrons. The number of aromatic hydroxyl groups is 2. The fourth-order valence-electron chi connectivity index (χ4n) is 12.2. The first kappa shape index (κ1) is 68.2. The number of carbonyl (C=O) groups excluding carboxylic acids is 2. The molecule has 2 N–H and O–H groups in total. The van der Waals surface area contributed by atoms with E-state index in [4.69, 9.17) is 0 Å². The van der Waals surface area contributed by atoms with E-state index in [9.17, 15) is 19.8 Å². The molecule has 0 fully saturated rings. The number of phenols is 2. The van der Waals surface area contributed by atoms with Crippen molar-refractivity contribution in [1.82, 2.24) is 9.80 Å². The first-order valence-corrected chi connectivity index (χ1v) is 34.0. The third-order valence-corrected chi connectivity index (χ3v) is 17.3. The maximum Gasteiger partial charge on any atom is 0.257 e.